The van der Waals surface area contributed by atoms with E-state index >= 15 is 0 Å². The van der Waals surface area contributed by atoms with Crippen LogP contribution >= 0.6 is 0 Å². The van der Waals surface area contributed by atoms with Gasteiger partial charge < -0.3 is 9.72 Å². The van der Waals surface area contributed by atoms with Crippen LogP contribution in [0.3, 0.4) is 0 Å². The number of aryl methyl sites for hydroxylation is 1. The molecule has 0 spiro atoms. The molecule has 0 saturated heterocycles. The fraction of sp³-hybridized carbons (Fsp3) is 0.185. The molecule has 0 aliphatic heterocycles. The first-order chi connectivity index (χ1) is 18.5. The first-order valence-electron chi connectivity index (χ1n) is 11.8. The molecule has 0 atom stereocenters. The molecule has 12 heteroatoms. The van der Waals surface area contributed by atoms with Gasteiger partial charge in [0.25, 0.3) is 0 Å². The lowest BCUT2D eigenvalue weighted by atomic mass is 10.0. The highest BCUT2D eigenvalue weighted by atomic mass is 19.4. The summed E-state index contributed by atoms with van der Waals surface area (Å²) in [7, 11) is 0. The van der Waals surface area contributed by atoms with E-state index in [1.807, 2.05) is 6.92 Å². The number of nitrogens with one attached hydrogen (secondary N) is 1. The molecule has 200 valence electrons. The minimum absolute atomic E-state index is 0.0211. The van der Waals surface area contributed by atoms with Crippen molar-refractivity contribution in [3.05, 3.63) is 93.2 Å². The van der Waals surface area contributed by atoms with Gasteiger partial charge >= 0.3 is 6.18 Å². The van der Waals surface area contributed by atoms with Crippen LogP contribution in [-0.4, -0.2) is 24.7 Å². The van der Waals surface area contributed by atoms with Crippen molar-refractivity contribution in [2.24, 2.45) is 0 Å². The van der Waals surface area contributed by atoms with Crippen molar-refractivity contribution < 1.29 is 26.7 Å². The Morgan fingerprint density at radius 2 is 1.79 bits per heavy atom. The van der Waals surface area contributed by atoms with Crippen molar-refractivity contribution in [1.29, 1.82) is 0 Å². The van der Waals surface area contributed by atoms with Gasteiger partial charge in [0, 0.05) is 35.9 Å². The Kier molecular flexibility index (Phi) is 6.41. The number of rotatable bonds is 5. The number of benzene rings is 1. The summed E-state index contributed by atoms with van der Waals surface area (Å²) in [4.78, 5) is 24.6. The normalized spacial score (nSPS) is 11.8. The molecule has 0 aliphatic rings. The number of nitrogens with zero attached hydrogens (tertiary/aromatic N) is 4. The molecule has 5 aromatic rings. The quantitative estimate of drug-likeness (QED) is 0.259. The zero-order valence-electron chi connectivity index (χ0n) is 20.8. The summed E-state index contributed by atoms with van der Waals surface area (Å²) >= 11 is 0. The third-order valence-corrected chi connectivity index (χ3v) is 6.38. The average molecular weight is 541 g/mol. The lowest BCUT2D eigenvalue weighted by Gasteiger charge is -2.18. The summed E-state index contributed by atoms with van der Waals surface area (Å²) in [5, 5.41) is 4.43. The standard InChI is InChI=1S/C27H20F5N5O2/c1-4-15-7-10-35-37(15)25-23-18(8-9-33-25)36-19(11-20(23)38)22-13(2)16(27(30,31)32)12-34-26(22)39-21-6-5-17(28)24(29)14(21)3/h5-12H,4H2,1-3H3,(H,36,38). The van der Waals surface area contributed by atoms with Crippen LogP contribution < -0.4 is 10.2 Å². The first-order valence-corrected chi connectivity index (χ1v) is 11.8. The third kappa shape index (κ3) is 4.51. The van der Waals surface area contributed by atoms with E-state index in [4.69, 9.17) is 4.74 Å². The molecule has 0 amide bonds. The zero-order chi connectivity index (χ0) is 28.1. The molecule has 0 unspecified atom stereocenters. The van der Waals surface area contributed by atoms with E-state index in [1.54, 1.807) is 12.3 Å². The number of alkyl halides is 3. The maximum Gasteiger partial charge on any atom is 0.418 e. The van der Waals surface area contributed by atoms with Gasteiger partial charge in [-0.2, -0.15) is 18.3 Å². The van der Waals surface area contributed by atoms with Gasteiger partial charge in [-0.1, -0.05) is 6.92 Å². The summed E-state index contributed by atoms with van der Waals surface area (Å²) in [6, 6.07) is 6.39. The fourth-order valence-corrected chi connectivity index (χ4v) is 4.38. The molecule has 1 N–H and O–H groups in total. The SMILES string of the molecule is CCc1ccnn1-c1nccc2[nH]c(-c3c(Oc4ccc(F)c(F)c4C)ncc(C(F)(F)F)c3C)cc(=O)c12. The van der Waals surface area contributed by atoms with Gasteiger partial charge in [0.2, 0.25) is 5.88 Å². The molecule has 0 bridgehead atoms. The number of ether oxygens (including phenoxy) is 1. The Morgan fingerprint density at radius 3 is 2.51 bits per heavy atom. The van der Waals surface area contributed by atoms with Crippen LogP contribution in [0.15, 0.2) is 53.7 Å². The molecular formula is C27H20F5N5O2. The van der Waals surface area contributed by atoms with Crippen molar-refractivity contribution in [3.8, 4) is 28.7 Å². The summed E-state index contributed by atoms with van der Waals surface area (Å²) in [5.74, 6) is -2.50. The monoisotopic (exact) mass is 541 g/mol. The number of aromatic nitrogens is 5. The number of aromatic amines is 1. The van der Waals surface area contributed by atoms with Crippen molar-refractivity contribution >= 4 is 10.9 Å². The minimum Gasteiger partial charge on any atom is -0.438 e. The van der Waals surface area contributed by atoms with Crippen molar-refractivity contribution in [2.75, 3.05) is 0 Å². The number of hydrogen-bond donors (Lipinski definition) is 1. The molecule has 4 heterocycles. The van der Waals surface area contributed by atoms with Gasteiger partial charge in [0.05, 0.1) is 27.7 Å². The second-order valence-electron chi connectivity index (χ2n) is 8.75. The zero-order valence-corrected chi connectivity index (χ0v) is 20.8. The highest BCUT2D eigenvalue weighted by Crippen LogP contribution is 2.41. The molecule has 0 saturated carbocycles. The van der Waals surface area contributed by atoms with Crippen LogP contribution in [0, 0.1) is 25.5 Å². The van der Waals surface area contributed by atoms with E-state index in [1.165, 1.54) is 30.8 Å². The molecule has 5 rings (SSSR count). The van der Waals surface area contributed by atoms with E-state index in [9.17, 15) is 26.7 Å². The Balaban J connectivity index is 1.75. The summed E-state index contributed by atoms with van der Waals surface area (Å²) in [6.45, 7) is 4.39. The Hall–Kier alpha value is -4.61. The Morgan fingerprint density at radius 1 is 1.03 bits per heavy atom. The van der Waals surface area contributed by atoms with Crippen molar-refractivity contribution in [3.63, 3.8) is 0 Å². The number of hydrogen-bond acceptors (Lipinski definition) is 5. The van der Waals surface area contributed by atoms with Gasteiger partial charge in [0.1, 0.15) is 5.75 Å². The fourth-order valence-electron chi connectivity index (χ4n) is 4.38. The lowest BCUT2D eigenvalue weighted by Crippen LogP contribution is -2.13. The Labute approximate surface area is 217 Å². The molecule has 4 aromatic heterocycles. The second kappa shape index (κ2) is 9.61. The van der Waals surface area contributed by atoms with Crippen LogP contribution in [0.5, 0.6) is 11.6 Å². The van der Waals surface area contributed by atoms with E-state index < -0.39 is 28.8 Å². The smallest absolute Gasteiger partial charge is 0.418 e. The largest absolute Gasteiger partial charge is 0.438 e. The molecule has 0 aliphatic carbocycles. The average Bonchev–Trinajstić information content (AvgIpc) is 3.37. The van der Waals surface area contributed by atoms with Crippen LogP contribution in [0.4, 0.5) is 22.0 Å². The number of fused-ring (bicyclic) bond motifs is 1. The topological polar surface area (TPSA) is 85.7 Å². The number of H-pyrrole nitrogens is 1. The minimum atomic E-state index is -4.76. The second-order valence-corrected chi connectivity index (χ2v) is 8.75. The van der Waals surface area contributed by atoms with E-state index in [2.05, 4.69) is 20.1 Å². The van der Waals surface area contributed by atoms with Crippen molar-refractivity contribution in [2.45, 2.75) is 33.4 Å². The van der Waals surface area contributed by atoms with Gasteiger partial charge in [0.15, 0.2) is 22.9 Å². The van der Waals surface area contributed by atoms with Crippen LogP contribution in [0.2, 0.25) is 0 Å². The molecule has 39 heavy (non-hydrogen) atoms. The van der Waals surface area contributed by atoms with E-state index in [-0.39, 0.29) is 50.7 Å². The van der Waals surface area contributed by atoms with Gasteiger partial charge in [-0.15, -0.1) is 0 Å². The van der Waals surface area contributed by atoms with Gasteiger partial charge in [-0.25, -0.2) is 23.4 Å². The first kappa shape index (κ1) is 26.0. The Bertz CT molecular complexity index is 1790. The maximum absolute atomic E-state index is 14.2. The van der Waals surface area contributed by atoms with Crippen LogP contribution in [-0.2, 0) is 12.6 Å². The van der Waals surface area contributed by atoms with Crippen molar-refractivity contribution in [1.82, 2.24) is 24.7 Å². The van der Waals surface area contributed by atoms with E-state index in [0.29, 0.717) is 12.6 Å². The highest BCUT2D eigenvalue weighted by Gasteiger charge is 2.35. The van der Waals surface area contributed by atoms with Crippen LogP contribution in [0.25, 0.3) is 28.0 Å². The molecular weight excluding hydrogens is 521 g/mol. The van der Waals surface area contributed by atoms with Crippen LogP contribution in [0.1, 0.15) is 29.3 Å². The van der Waals surface area contributed by atoms with E-state index in [0.717, 1.165) is 23.9 Å². The lowest BCUT2D eigenvalue weighted by molar-refractivity contribution is -0.138. The molecule has 1 aromatic carbocycles. The van der Waals surface area contributed by atoms with Gasteiger partial charge in [-0.3, -0.25) is 4.79 Å². The molecule has 0 fully saturated rings. The maximum atomic E-state index is 14.2. The molecule has 7 nitrogen and oxygen atoms in total. The number of halogens is 5. The molecule has 0 radical (unpaired) electrons. The summed E-state index contributed by atoms with van der Waals surface area (Å²) in [5.41, 5.74) is -1.17. The van der Waals surface area contributed by atoms with Gasteiger partial charge in [-0.05, 0) is 50.1 Å². The summed E-state index contributed by atoms with van der Waals surface area (Å²) in [6.07, 6.45) is -0.532. The predicted molar refractivity (Wildman–Crippen MR) is 133 cm³/mol. The highest BCUT2D eigenvalue weighted by molar-refractivity contribution is 5.88. The number of pyridine rings is 3. The summed E-state index contributed by atoms with van der Waals surface area (Å²) < 4.78 is 76.5. The third-order valence-electron chi connectivity index (χ3n) is 6.38. The predicted octanol–water partition coefficient (Wildman–Crippen LogP) is 6.44.